The third kappa shape index (κ3) is 6.84. The molecule has 138 valence electrons. The van der Waals surface area contributed by atoms with E-state index in [0.29, 0.717) is 30.9 Å². The second kappa shape index (κ2) is 10.2. The van der Waals surface area contributed by atoms with E-state index in [-0.39, 0.29) is 11.8 Å². The van der Waals surface area contributed by atoms with Gasteiger partial charge in [-0.3, -0.25) is 14.5 Å². The van der Waals surface area contributed by atoms with E-state index in [4.69, 9.17) is 4.74 Å². The second-order valence-electron chi connectivity index (χ2n) is 6.69. The molecule has 1 aliphatic heterocycles. The molecule has 1 heterocycles. The normalized spacial score (nSPS) is 15.8. The molecule has 0 radical (unpaired) electrons. The molecule has 0 saturated carbocycles. The fraction of sp³-hybridized carbons (Fsp3) is 0.579. The predicted molar refractivity (Wildman–Crippen MR) is 98.7 cm³/mol. The zero-order chi connectivity index (χ0) is 18.1. The minimum absolute atomic E-state index is 0.00804. The monoisotopic (exact) mass is 347 g/mol. The van der Waals surface area contributed by atoms with Gasteiger partial charge in [-0.25, -0.2) is 0 Å². The summed E-state index contributed by atoms with van der Waals surface area (Å²) in [5.74, 6) is 0.634. The molecule has 2 amide bonds. The molecule has 0 bridgehead atoms. The molecule has 1 aromatic carbocycles. The van der Waals surface area contributed by atoms with Gasteiger partial charge in [0.15, 0.2) is 0 Å². The van der Waals surface area contributed by atoms with Crippen LogP contribution in [-0.2, 0) is 9.53 Å². The summed E-state index contributed by atoms with van der Waals surface area (Å²) in [6.45, 7) is 5.86. The molecule has 0 aliphatic carbocycles. The van der Waals surface area contributed by atoms with E-state index >= 15 is 0 Å². The summed E-state index contributed by atoms with van der Waals surface area (Å²) in [5, 5.41) is 5.74. The molecule has 0 unspecified atom stereocenters. The number of hydrogen-bond donors (Lipinski definition) is 2. The smallest absolute Gasteiger partial charge is 0.251 e. The van der Waals surface area contributed by atoms with E-state index < -0.39 is 0 Å². The topological polar surface area (TPSA) is 70.7 Å². The van der Waals surface area contributed by atoms with E-state index in [1.807, 2.05) is 0 Å². The summed E-state index contributed by atoms with van der Waals surface area (Å²) in [6.07, 6.45) is 3.09. The largest absolute Gasteiger partial charge is 0.385 e. The molecular weight excluding hydrogens is 318 g/mol. The van der Waals surface area contributed by atoms with E-state index in [2.05, 4.69) is 22.5 Å². The Morgan fingerprint density at radius 1 is 1.20 bits per heavy atom. The Morgan fingerprint density at radius 3 is 2.52 bits per heavy atom. The first-order chi connectivity index (χ1) is 12.1. The van der Waals surface area contributed by atoms with Gasteiger partial charge in [-0.15, -0.1) is 0 Å². The zero-order valence-electron chi connectivity index (χ0n) is 15.2. The van der Waals surface area contributed by atoms with Crippen LogP contribution in [0.15, 0.2) is 24.3 Å². The minimum Gasteiger partial charge on any atom is -0.385 e. The number of ether oxygens (including phenoxy) is 1. The third-order valence-electron chi connectivity index (χ3n) is 4.49. The molecule has 1 aromatic rings. The summed E-state index contributed by atoms with van der Waals surface area (Å²) in [5.41, 5.74) is 1.30. The molecule has 6 heteroatoms. The first-order valence-electron chi connectivity index (χ1n) is 8.98. The molecule has 1 fully saturated rings. The number of likely N-dealkylation sites (tertiary alicyclic amines) is 1. The van der Waals surface area contributed by atoms with Crippen molar-refractivity contribution in [3.8, 4) is 0 Å². The van der Waals surface area contributed by atoms with Crippen molar-refractivity contribution >= 4 is 17.5 Å². The van der Waals surface area contributed by atoms with Crippen LogP contribution in [-0.4, -0.2) is 56.6 Å². The lowest BCUT2D eigenvalue weighted by Gasteiger charge is -2.29. The van der Waals surface area contributed by atoms with Crippen molar-refractivity contribution in [3.63, 3.8) is 0 Å². The highest BCUT2D eigenvalue weighted by Gasteiger charge is 2.18. The van der Waals surface area contributed by atoms with Gasteiger partial charge in [0.25, 0.3) is 5.91 Å². The van der Waals surface area contributed by atoms with Gasteiger partial charge in [0.05, 0.1) is 6.54 Å². The van der Waals surface area contributed by atoms with Gasteiger partial charge in [0.1, 0.15) is 0 Å². The van der Waals surface area contributed by atoms with Crippen LogP contribution in [0.5, 0.6) is 0 Å². The van der Waals surface area contributed by atoms with Crippen molar-refractivity contribution in [2.75, 3.05) is 45.2 Å². The quantitative estimate of drug-likeness (QED) is 0.707. The Hall–Kier alpha value is -1.92. The van der Waals surface area contributed by atoms with Crippen molar-refractivity contribution in [1.82, 2.24) is 10.2 Å². The molecule has 0 spiro atoms. The minimum atomic E-state index is -0.114. The summed E-state index contributed by atoms with van der Waals surface area (Å²) in [6, 6.07) is 6.98. The first-order valence-corrected chi connectivity index (χ1v) is 8.98. The van der Waals surface area contributed by atoms with Crippen molar-refractivity contribution in [2.45, 2.75) is 26.2 Å². The lowest BCUT2D eigenvalue weighted by molar-refractivity contribution is -0.117. The number of rotatable bonds is 8. The van der Waals surface area contributed by atoms with Gasteiger partial charge < -0.3 is 15.4 Å². The Balaban J connectivity index is 1.75. The van der Waals surface area contributed by atoms with Gasteiger partial charge in [-0.05, 0) is 62.5 Å². The fourth-order valence-electron chi connectivity index (χ4n) is 2.85. The number of carbonyl (C=O) groups is 2. The standard InChI is InChI=1S/C19H29N3O3/c1-15-8-11-22(12-9-15)14-18(23)21-17-6-4-16(5-7-17)19(24)20-10-3-13-25-2/h4-7,15H,3,8-14H2,1-2H3,(H,20,24)(H,21,23). The molecule has 1 saturated heterocycles. The van der Waals surface area contributed by atoms with Crippen LogP contribution >= 0.6 is 0 Å². The van der Waals surface area contributed by atoms with E-state index in [0.717, 1.165) is 38.3 Å². The Labute approximate surface area is 149 Å². The van der Waals surface area contributed by atoms with Crippen LogP contribution in [0, 0.1) is 5.92 Å². The second-order valence-corrected chi connectivity index (χ2v) is 6.69. The van der Waals surface area contributed by atoms with Crippen LogP contribution < -0.4 is 10.6 Å². The van der Waals surface area contributed by atoms with Crippen molar-refractivity contribution in [3.05, 3.63) is 29.8 Å². The predicted octanol–water partition coefficient (Wildman–Crippen LogP) is 2.12. The number of methoxy groups -OCH3 is 1. The molecular formula is C19H29N3O3. The molecule has 0 atom stereocenters. The highest BCUT2D eigenvalue weighted by atomic mass is 16.5. The maximum Gasteiger partial charge on any atom is 0.251 e. The van der Waals surface area contributed by atoms with Crippen molar-refractivity contribution < 1.29 is 14.3 Å². The highest BCUT2D eigenvalue weighted by molar-refractivity contribution is 5.96. The van der Waals surface area contributed by atoms with Crippen LogP contribution in [0.4, 0.5) is 5.69 Å². The van der Waals surface area contributed by atoms with Crippen molar-refractivity contribution in [1.29, 1.82) is 0 Å². The first kappa shape index (κ1) is 19.4. The number of benzene rings is 1. The number of nitrogens with one attached hydrogen (secondary N) is 2. The Bertz CT molecular complexity index is 552. The van der Waals surface area contributed by atoms with Crippen LogP contribution in [0.1, 0.15) is 36.5 Å². The molecule has 1 aliphatic rings. The lowest BCUT2D eigenvalue weighted by atomic mass is 9.99. The van der Waals surface area contributed by atoms with E-state index in [1.54, 1.807) is 31.4 Å². The Kier molecular flexibility index (Phi) is 7.88. The average molecular weight is 347 g/mol. The molecule has 6 nitrogen and oxygen atoms in total. The number of piperidine rings is 1. The molecule has 25 heavy (non-hydrogen) atoms. The van der Waals surface area contributed by atoms with E-state index in [1.165, 1.54) is 0 Å². The summed E-state index contributed by atoms with van der Waals surface area (Å²) < 4.78 is 4.95. The maximum absolute atomic E-state index is 12.1. The van der Waals surface area contributed by atoms with Crippen LogP contribution in [0.3, 0.4) is 0 Å². The van der Waals surface area contributed by atoms with Gasteiger partial charge >= 0.3 is 0 Å². The summed E-state index contributed by atoms with van der Waals surface area (Å²) in [7, 11) is 1.64. The van der Waals surface area contributed by atoms with E-state index in [9.17, 15) is 9.59 Å². The highest BCUT2D eigenvalue weighted by Crippen LogP contribution is 2.16. The molecule has 2 rings (SSSR count). The number of carbonyl (C=O) groups excluding carboxylic acids is 2. The Morgan fingerprint density at radius 2 is 1.88 bits per heavy atom. The number of amides is 2. The van der Waals surface area contributed by atoms with Crippen LogP contribution in [0.25, 0.3) is 0 Å². The molecule has 0 aromatic heterocycles. The zero-order valence-corrected chi connectivity index (χ0v) is 15.2. The third-order valence-corrected chi connectivity index (χ3v) is 4.49. The SMILES string of the molecule is COCCCNC(=O)c1ccc(NC(=O)CN2CCC(C)CC2)cc1. The van der Waals surface area contributed by atoms with Gasteiger partial charge in [0.2, 0.25) is 5.91 Å². The van der Waals surface area contributed by atoms with Gasteiger partial charge in [-0.2, -0.15) is 0 Å². The van der Waals surface area contributed by atoms with Crippen molar-refractivity contribution in [2.24, 2.45) is 5.92 Å². The average Bonchev–Trinajstić information content (AvgIpc) is 2.61. The van der Waals surface area contributed by atoms with Gasteiger partial charge in [0, 0.05) is 31.5 Å². The lowest BCUT2D eigenvalue weighted by Crippen LogP contribution is -2.38. The maximum atomic E-state index is 12.1. The van der Waals surface area contributed by atoms with Gasteiger partial charge in [-0.1, -0.05) is 6.92 Å². The fourth-order valence-corrected chi connectivity index (χ4v) is 2.85. The number of hydrogen-bond acceptors (Lipinski definition) is 4. The summed E-state index contributed by atoms with van der Waals surface area (Å²) >= 11 is 0. The number of nitrogens with zero attached hydrogens (tertiary/aromatic N) is 1. The molecule has 2 N–H and O–H groups in total. The number of anilines is 1. The van der Waals surface area contributed by atoms with Crippen LogP contribution in [0.2, 0.25) is 0 Å². The summed E-state index contributed by atoms with van der Waals surface area (Å²) in [4.78, 5) is 26.3.